The van der Waals surface area contributed by atoms with Crippen molar-refractivity contribution in [1.29, 1.82) is 0 Å². The number of carbonyl (C=O) groups is 2. The van der Waals surface area contributed by atoms with Crippen molar-refractivity contribution in [2.75, 3.05) is 11.9 Å². The Bertz CT molecular complexity index is 755. The average molecular weight is 339 g/mol. The highest BCUT2D eigenvalue weighted by Gasteiger charge is 2.07. The zero-order chi connectivity index (χ0) is 18.1. The van der Waals surface area contributed by atoms with E-state index in [1.165, 1.54) is 6.21 Å². The van der Waals surface area contributed by atoms with Gasteiger partial charge in [0, 0.05) is 17.7 Å². The largest absolute Gasteiger partial charge is 0.466 e. The van der Waals surface area contributed by atoms with Crippen LogP contribution in [0.3, 0.4) is 0 Å². The monoisotopic (exact) mass is 339 g/mol. The second-order valence-electron chi connectivity index (χ2n) is 5.36. The first-order valence-corrected chi connectivity index (χ1v) is 8.01. The van der Waals surface area contributed by atoms with Crippen molar-refractivity contribution < 1.29 is 14.3 Å². The second kappa shape index (κ2) is 9.22. The van der Waals surface area contributed by atoms with Crippen LogP contribution in [0.15, 0.2) is 53.6 Å². The molecule has 6 heteroatoms. The molecule has 0 bridgehead atoms. The summed E-state index contributed by atoms with van der Waals surface area (Å²) in [7, 11) is 0. The fraction of sp³-hybridized carbons (Fsp3) is 0.211. The van der Waals surface area contributed by atoms with Gasteiger partial charge in [-0.3, -0.25) is 9.59 Å². The van der Waals surface area contributed by atoms with Gasteiger partial charge in [-0.15, -0.1) is 0 Å². The average Bonchev–Trinajstić information content (AvgIpc) is 2.62. The van der Waals surface area contributed by atoms with E-state index in [1.54, 1.807) is 25.1 Å². The van der Waals surface area contributed by atoms with E-state index < -0.39 is 0 Å². The van der Waals surface area contributed by atoms with Crippen LogP contribution in [-0.2, 0) is 16.0 Å². The molecule has 1 amide bonds. The van der Waals surface area contributed by atoms with Crippen LogP contribution in [0.4, 0.5) is 5.69 Å². The maximum atomic E-state index is 12.3. The molecular formula is C19H21N3O3. The second-order valence-corrected chi connectivity index (χ2v) is 5.36. The van der Waals surface area contributed by atoms with Crippen molar-refractivity contribution >= 4 is 23.8 Å². The minimum atomic E-state index is -0.216. The van der Waals surface area contributed by atoms with Crippen molar-refractivity contribution in [3.8, 4) is 0 Å². The summed E-state index contributed by atoms with van der Waals surface area (Å²) in [5, 5.41) is 6.29. The van der Waals surface area contributed by atoms with E-state index in [-0.39, 0.29) is 11.9 Å². The fourth-order valence-electron chi connectivity index (χ4n) is 2.28. The Morgan fingerprint density at radius 1 is 1.20 bits per heavy atom. The Balaban J connectivity index is 1.95. The lowest BCUT2D eigenvalue weighted by Crippen LogP contribution is -2.12. The smallest absolute Gasteiger partial charge is 0.306 e. The number of esters is 1. The summed E-state index contributed by atoms with van der Waals surface area (Å²) >= 11 is 0. The first kappa shape index (κ1) is 18.2. The molecule has 0 saturated heterocycles. The van der Waals surface area contributed by atoms with Crippen LogP contribution in [-0.4, -0.2) is 24.7 Å². The summed E-state index contributed by atoms with van der Waals surface area (Å²) in [5.74, 6) is 4.70. The standard InChI is InChI=1S/C19H21N3O3/c1-2-25-18(23)11-8-14-6-9-17(10-7-14)22-19(24)16-5-3-4-15(12-16)13-21-20/h3-7,9-10,12-13H,2,8,11,20H2,1H3,(H,22,24). The van der Waals surface area contributed by atoms with Crippen LogP contribution in [0, 0.1) is 0 Å². The number of nitrogens with zero attached hydrogens (tertiary/aromatic N) is 1. The van der Waals surface area contributed by atoms with Crippen LogP contribution in [0.25, 0.3) is 0 Å². The number of benzene rings is 2. The molecular weight excluding hydrogens is 318 g/mol. The number of hydrogen-bond acceptors (Lipinski definition) is 5. The molecule has 25 heavy (non-hydrogen) atoms. The normalized spacial score (nSPS) is 10.6. The van der Waals surface area contributed by atoms with Gasteiger partial charge >= 0.3 is 5.97 Å². The summed E-state index contributed by atoms with van der Waals surface area (Å²) < 4.78 is 4.90. The van der Waals surface area contributed by atoms with E-state index in [9.17, 15) is 9.59 Å². The van der Waals surface area contributed by atoms with Crippen LogP contribution in [0.2, 0.25) is 0 Å². The Morgan fingerprint density at radius 2 is 1.96 bits per heavy atom. The summed E-state index contributed by atoms with van der Waals surface area (Å²) in [6.07, 6.45) is 2.43. The van der Waals surface area contributed by atoms with Gasteiger partial charge in [-0.2, -0.15) is 5.10 Å². The fourth-order valence-corrected chi connectivity index (χ4v) is 2.28. The van der Waals surface area contributed by atoms with Crippen LogP contribution in [0.5, 0.6) is 0 Å². The van der Waals surface area contributed by atoms with Crippen molar-refractivity contribution in [3.05, 3.63) is 65.2 Å². The Hall–Kier alpha value is -3.15. The van der Waals surface area contributed by atoms with Crippen molar-refractivity contribution in [2.45, 2.75) is 19.8 Å². The maximum Gasteiger partial charge on any atom is 0.306 e. The number of carbonyl (C=O) groups excluding carboxylic acids is 2. The molecule has 0 radical (unpaired) electrons. The first-order chi connectivity index (χ1) is 12.1. The van der Waals surface area contributed by atoms with Gasteiger partial charge in [0.1, 0.15) is 0 Å². The Kier molecular flexibility index (Phi) is 6.71. The highest BCUT2D eigenvalue weighted by Crippen LogP contribution is 2.13. The minimum absolute atomic E-state index is 0.208. The summed E-state index contributed by atoms with van der Waals surface area (Å²) in [6.45, 7) is 2.18. The molecule has 0 aromatic heterocycles. The molecule has 2 aromatic rings. The number of amides is 1. The zero-order valence-electron chi connectivity index (χ0n) is 14.1. The third-order valence-corrected chi connectivity index (χ3v) is 3.51. The van der Waals surface area contributed by atoms with E-state index in [4.69, 9.17) is 10.6 Å². The lowest BCUT2D eigenvalue weighted by Gasteiger charge is -2.07. The molecule has 0 heterocycles. The molecule has 3 N–H and O–H groups in total. The topological polar surface area (TPSA) is 93.8 Å². The molecule has 0 saturated carbocycles. The van der Waals surface area contributed by atoms with Gasteiger partial charge in [0.25, 0.3) is 5.91 Å². The lowest BCUT2D eigenvalue weighted by molar-refractivity contribution is -0.143. The van der Waals surface area contributed by atoms with E-state index in [0.29, 0.717) is 30.7 Å². The number of nitrogens with one attached hydrogen (secondary N) is 1. The molecule has 0 fully saturated rings. The molecule has 0 unspecified atom stereocenters. The Labute approximate surface area is 146 Å². The summed E-state index contributed by atoms with van der Waals surface area (Å²) in [5.41, 5.74) is 2.96. The summed E-state index contributed by atoms with van der Waals surface area (Å²) in [4.78, 5) is 23.7. The molecule has 0 atom stereocenters. The van der Waals surface area contributed by atoms with Crippen LogP contribution in [0.1, 0.15) is 34.8 Å². The van der Waals surface area contributed by atoms with Crippen molar-refractivity contribution in [2.24, 2.45) is 10.9 Å². The molecule has 0 aliphatic rings. The van der Waals surface area contributed by atoms with Crippen molar-refractivity contribution in [3.63, 3.8) is 0 Å². The van der Waals surface area contributed by atoms with E-state index in [1.807, 2.05) is 30.3 Å². The number of nitrogens with two attached hydrogens (primary N) is 1. The van der Waals surface area contributed by atoms with E-state index >= 15 is 0 Å². The maximum absolute atomic E-state index is 12.3. The van der Waals surface area contributed by atoms with E-state index in [0.717, 1.165) is 11.1 Å². The van der Waals surface area contributed by atoms with Gasteiger partial charge in [0.15, 0.2) is 0 Å². The molecule has 0 spiro atoms. The highest BCUT2D eigenvalue weighted by atomic mass is 16.5. The number of hydrazone groups is 1. The number of anilines is 1. The van der Waals surface area contributed by atoms with E-state index in [2.05, 4.69) is 10.4 Å². The number of ether oxygens (including phenoxy) is 1. The predicted molar refractivity (Wildman–Crippen MR) is 97.6 cm³/mol. The molecule has 2 rings (SSSR count). The number of rotatable bonds is 7. The van der Waals surface area contributed by atoms with Crippen LogP contribution >= 0.6 is 0 Å². The van der Waals surface area contributed by atoms with Gasteiger partial charge in [0.05, 0.1) is 12.8 Å². The number of aryl methyl sites for hydroxylation is 1. The van der Waals surface area contributed by atoms with Gasteiger partial charge in [-0.25, -0.2) is 0 Å². The molecule has 0 aliphatic heterocycles. The lowest BCUT2D eigenvalue weighted by atomic mass is 10.1. The van der Waals surface area contributed by atoms with Gasteiger partial charge in [0.2, 0.25) is 0 Å². The predicted octanol–water partition coefficient (Wildman–Crippen LogP) is 2.73. The SMILES string of the molecule is CCOC(=O)CCc1ccc(NC(=O)c2cccc(C=NN)c2)cc1. The van der Waals surface area contributed by atoms with Crippen molar-refractivity contribution in [1.82, 2.24) is 0 Å². The highest BCUT2D eigenvalue weighted by molar-refractivity contribution is 6.05. The third kappa shape index (κ3) is 5.76. The zero-order valence-corrected chi connectivity index (χ0v) is 14.1. The van der Waals surface area contributed by atoms with Gasteiger partial charge < -0.3 is 15.9 Å². The van der Waals surface area contributed by atoms with Gasteiger partial charge in [-0.05, 0) is 48.7 Å². The number of hydrogen-bond donors (Lipinski definition) is 2. The van der Waals surface area contributed by atoms with Gasteiger partial charge in [-0.1, -0.05) is 24.3 Å². The molecule has 6 nitrogen and oxygen atoms in total. The molecule has 2 aromatic carbocycles. The quantitative estimate of drug-likeness (QED) is 0.351. The third-order valence-electron chi connectivity index (χ3n) is 3.51. The summed E-state index contributed by atoms with van der Waals surface area (Å²) in [6, 6.07) is 14.4. The minimum Gasteiger partial charge on any atom is -0.466 e. The molecule has 0 aliphatic carbocycles. The molecule has 130 valence electrons. The Morgan fingerprint density at radius 3 is 2.64 bits per heavy atom. The first-order valence-electron chi connectivity index (χ1n) is 8.01. The van der Waals surface area contributed by atoms with Crippen LogP contribution < -0.4 is 11.2 Å².